The number of rotatable bonds is 3. The second kappa shape index (κ2) is 4.20. The molecule has 0 unspecified atom stereocenters. The van der Waals surface area contributed by atoms with Gasteiger partial charge < -0.3 is 5.32 Å². The van der Waals surface area contributed by atoms with Gasteiger partial charge in [0.25, 0.3) is 0 Å². The van der Waals surface area contributed by atoms with Gasteiger partial charge in [0.05, 0.1) is 17.9 Å². The molecule has 17 heavy (non-hydrogen) atoms. The van der Waals surface area contributed by atoms with Crippen molar-refractivity contribution in [2.24, 2.45) is 0 Å². The first-order valence-corrected chi connectivity index (χ1v) is 6.06. The predicted molar refractivity (Wildman–Crippen MR) is 67.9 cm³/mol. The van der Waals surface area contributed by atoms with Gasteiger partial charge in [0, 0.05) is 18.8 Å². The van der Waals surface area contributed by atoms with Gasteiger partial charge in [0.15, 0.2) is 0 Å². The van der Waals surface area contributed by atoms with Crippen molar-refractivity contribution in [3.8, 4) is 11.3 Å². The fourth-order valence-electron chi connectivity index (χ4n) is 2.06. The SMILES string of the molecule is CNc1cccc(-c2cnn(C3CCC3)c2)n1. The van der Waals surface area contributed by atoms with Crippen molar-refractivity contribution in [2.75, 3.05) is 12.4 Å². The number of aromatic nitrogens is 3. The summed E-state index contributed by atoms with van der Waals surface area (Å²) in [5, 5.41) is 7.48. The number of hydrogen-bond acceptors (Lipinski definition) is 3. The maximum absolute atomic E-state index is 4.51. The highest BCUT2D eigenvalue weighted by molar-refractivity contribution is 5.59. The minimum atomic E-state index is 0.608. The van der Waals surface area contributed by atoms with E-state index in [1.807, 2.05) is 31.4 Å². The fourth-order valence-corrected chi connectivity index (χ4v) is 2.06. The smallest absolute Gasteiger partial charge is 0.126 e. The predicted octanol–water partition coefficient (Wildman–Crippen LogP) is 2.71. The molecule has 4 heteroatoms. The molecule has 88 valence electrons. The van der Waals surface area contributed by atoms with Crippen LogP contribution in [0.4, 0.5) is 5.82 Å². The Bertz CT molecular complexity index is 514. The summed E-state index contributed by atoms with van der Waals surface area (Å²) in [6.07, 6.45) is 7.84. The van der Waals surface area contributed by atoms with Gasteiger partial charge in [-0.2, -0.15) is 5.10 Å². The zero-order valence-electron chi connectivity index (χ0n) is 9.93. The van der Waals surface area contributed by atoms with E-state index < -0.39 is 0 Å². The lowest BCUT2D eigenvalue weighted by Crippen LogP contribution is -2.16. The number of pyridine rings is 1. The molecule has 3 rings (SSSR count). The molecule has 1 N–H and O–H groups in total. The summed E-state index contributed by atoms with van der Waals surface area (Å²) in [7, 11) is 1.88. The monoisotopic (exact) mass is 228 g/mol. The molecule has 1 saturated carbocycles. The highest BCUT2D eigenvalue weighted by atomic mass is 15.3. The summed E-state index contributed by atoms with van der Waals surface area (Å²) in [5.74, 6) is 0.888. The van der Waals surface area contributed by atoms with Crippen molar-refractivity contribution in [1.29, 1.82) is 0 Å². The van der Waals surface area contributed by atoms with Gasteiger partial charge in [-0.1, -0.05) is 6.07 Å². The van der Waals surface area contributed by atoms with Crippen molar-refractivity contribution < 1.29 is 0 Å². The zero-order chi connectivity index (χ0) is 11.7. The summed E-state index contributed by atoms with van der Waals surface area (Å²) < 4.78 is 2.08. The lowest BCUT2D eigenvalue weighted by Gasteiger charge is -2.25. The van der Waals surface area contributed by atoms with Gasteiger partial charge in [0.2, 0.25) is 0 Å². The Hall–Kier alpha value is -1.84. The molecule has 0 bridgehead atoms. The summed E-state index contributed by atoms with van der Waals surface area (Å²) in [6.45, 7) is 0. The van der Waals surface area contributed by atoms with Crippen molar-refractivity contribution in [3.05, 3.63) is 30.6 Å². The van der Waals surface area contributed by atoms with Crippen LogP contribution in [0.25, 0.3) is 11.3 Å². The summed E-state index contributed by atoms with van der Waals surface area (Å²) in [6, 6.07) is 6.59. The molecule has 1 fully saturated rings. The van der Waals surface area contributed by atoms with Crippen LogP contribution < -0.4 is 5.32 Å². The maximum Gasteiger partial charge on any atom is 0.126 e. The van der Waals surface area contributed by atoms with Crippen molar-refractivity contribution in [1.82, 2.24) is 14.8 Å². The van der Waals surface area contributed by atoms with Crippen LogP contribution in [0.5, 0.6) is 0 Å². The molecule has 1 aliphatic carbocycles. The second-order valence-corrected chi connectivity index (χ2v) is 4.45. The average molecular weight is 228 g/mol. The fraction of sp³-hybridized carbons (Fsp3) is 0.385. The molecule has 0 aliphatic heterocycles. The molecule has 2 aromatic heterocycles. The van der Waals surface area contributed by atoms with Gasteiger partial charge in [-0.25, -0.2) is 4.98 Å². The number of anilines is 1. The first-order valence-electron chi connectivity index (χ1n) is 6.06. The Balaban J connectivity index is 1.89. The topological polar surface area (TPSA) is 42.7 Å². The van der Waals surface area contributed by atoms with E-state index >= 15 is 0 Å². The molecule has 0 amide bonds. The molecule has 0 aromatic carbocycles. The first-order chi connectivity index (χ1) is 8.36. The molecule has 4 nitrogen and oxygen atoms in total. The molecule has 0 saturated heterocycles. The van der Waals surface area contributed by atoms with Crippen LogP contribution in [0, 0.1) is 0 Å². The molecule has 0 spiro atoms. The lowest BCUT2D eigenvalue weighted by molar-refractivity contribution is 0.289. The third-order valence-electron chi connectivity index (χ3n) is 3.35. The van der Waals surface area contributed by atoms with Crippen LogP contribution in [0.15, 0.2) is 30.6 Å². The molecular formula is C13H16N4. The van der Waals surface area contributed by atoms with Crippen LogP contribution >= 0.6 is 0 Å². The maximum atomic E-state index is 4.51. The summed E-state index contributed by atoms with van der Waals surface area (Å²) in [4.78, 5) is 4.51. The largest absolute Gasteiger partial charge is 0.373 e. The second-order valence-electron chi connectivity index (χ2n) is 4.45. The van der Waals surface area contributed by atoms with Gasteiger partial charge in [0.1, 0.15) is 5.82 Å². The van der Waals surface area contributed by atoms with E-state index in [0.29, 0.717) is 6.04 Å². The normalized spacial score (nSPS) is 15.6. The van der Waals surface area contributed by atoms with Crippen LogP contribution in [0.2, 0.25) is 0 Å². The molecule has 1 aliphatic rings. The van der Waals surface area contributed by atoms with E-state index in [0.717, 1.165) is 17.1 Å². The van der Waals surface area contributed by atoms with Crippen LogP contribution in [0.3, 0.4) is 0 Å². The van der Waals surface area contributed by atoms with E-state index in [9.17, 15) is 0 Å². The lowest BCUT2D eigenvalue weighted by atomic mass is 9.93. The minimum absolute atomic E-state index is 0.608. The van der Waals surface area contributed by atoms with Gasteiger partial charge in [-0.05, 0) is 31.4 Å². The third kappa shape index (κ3) is 1.90. The highest BCUT2D eigenvalue weighted by Gasteiger charge is 2.20. The highest BCUT2D eigenvalue weighted by Crippen LogP contribution is 2.31. The van der Waals surface area contributed by atoms with E-state index in [1.165, 1.54) is 19.3 Å². The van der Waals surface area contributed by atoms with E-state index in [4.69, 9.17) is 0 Å². The molecule has 2 heterocycles. The van der Waals surface area contributed by atoms with Gasteiger partial charge in [-0.3, -0.25) is 4.68 Å². The van der Waals surface area contributed by atoms with E-state index in [2.05, 4.69) is 26.3 Å². The number of nitrogens with one attached hydrogen (secondary N) is 1. The van der Waals surface area contributed by atoms with Crippen molar-refractivity contribution >= 4 is 5.82 Å². The zero-order valence-corrected chi connectivity index (χ0v) is 9.93. The Morgan fingerprint density at radius 1 is 1.35 bits per heavy atom. The third-order valence-corrected chi connectivity index (χ3v) is 3.35. The van der Waals surface area contributed by atoms with E-state index in [-0.39, 0.29) is 0 Å². The summed E-state index contributed by atoms with van der Waals surface area (Å²) >= 11 is 0. The Morgan fingerprint density at radius 3 is 2.94 bits per heavy atom. The minimum Gasteiger partial charge on any atom is -0.373 e. The first kappa shape index (κ1) is 10.3. The quantitative estimate of drug-likeness (QED) is 0.878. The standard InChI is InChI=1S/C13H16N4/c1-14-13-7-3-6-12(16-13)10-8-15-17(9-10)11-4-2-5-11/h3,6-9,11H,2,4-5H2,1H3,(H,14,16). The molecule has 2 aromatic rings. The number of hydrogen-bond donors (Lipinski definition) is 1. The summed E-state index contributed by atoms with van der Waals surface area (Å²) in [5.41, 5.74) is 2.07. The van der Waals surface area contributed by atoms with Crippen molar-refractivity contribution in [3.63, 3.8) is 0 Å². The van der Waals surface area contributed by atoms with Gasteiger partial charge in [-0.15, -0.1) is 0 Å². The van der Waals surface area contributed by atoms with E-state index in [1.54, 1.807) is 0 Å². The van der Waals surface area contributed by atoms with Crippen LogP contribution in [-0.2, 0) is 0 Å². The Kier molecular flexibility index (Phi) is 2.55. The molecular weight excluding hydrogens is 212 g/mol. The van der Waals surface area contributed by atoms with Crippen molar-refractivity contribution in [2.45, 2.75) is 25.3 Å². The Morgan fingerprint density at radius 2 is 2.24 bits per heavy atom. The van der Waals surface area contributed by atoms with Crippen LogP contribution in [-0.4, -0.2) is 21.8 Å². The van der Waals surface area contributed by atoms with Crippen LogP contribution in [0.1, 0.15) is 25.3 Å². The number of nitrogens with zero attached hydrogens (tertiary/aromatic N) is 3. The van der Waals surface area contributed by atoms with Gasteiger partial charge >= 0.3 is 0 Å². The molecule has 0 atom stereocenters. The average Bonchev–Trinajstić information content (AvgIpc) is 2.76. The Labute approximate surface area is 101 Å². The molecule has 0 radical (unpaired) electrons.